The Morgan fingerprint density at radius 2 is 1.54 bits per heavy atom. The van der Waals surface area contributed by atoms with Crippen molar-refractivity contribution in [1.82, 2.24) is 0 Å². The summed E-state index contributed by atoms with van der Waals surface area (Å²) in [5, 5.41) is 34.8. The second-order valence-corrected chi connectivity index (χ2v) is 9.96. The predicted molar refractivity (Wildman–Crippen MR) is 149 cm³/mol. The van der Waals surface area contributed by atoms with Gasteiger partial charge in [-0.15, -0.1) is 0 Å². The highest BCUT2D eigenvalue weighted by Gasteiger charge is 2.74. The fraction of sp³-hybridized carbons (Fsp3) is 0.182. The van der Waals surface area contributed by atoms with Gasteiger partial charge >= 0.3 is 5.97 Å². The molecule has 0 unspecified atom stereocenters. The number of hydrogen-bond acceptors (Lipinski definition) is 7. The number of methoxy groups -OCH3 is 2. The number of hydrogen-bond donors (Lipinski definition) is 3. The van der Waals surface area contributed by atoms with Crippen molar-refractivity contribution in [3.8, 4) is 23.0 Å². The van der Waals surface area contributed by atoms with Gasteiger partial charge in [-0.05, 0) is 23.3 Å². The molecule has 0 amide bonds. The minimum absolute atomic E-state index is 0.109. The van der Waals surface area contributed by atoms with Crippen molar-refractivity contribution in [2.24, 2.45) is 0 Å². The highest BCUT2D eigenvalue weighted by Crippen LogP contribution is 2.69. The lowest BCUT2D eigenvalue weighted by atomic mass is 9.69. The van der Waals surface area contributed by atoms with Crippen LogP contribution in [-0.4, -0.2) is 35.5 Å². The van der Waals surface area contributed by atoms with Gasteiger partial charge in [-0.1, -0.05) is 72.8 Å². The number of carbonyl (C=O) groups is 1. The van der Waals surface area contributed by atoms with E-state index in [1.165, 1.54) is 14.2 Å². The van der Waals surface area contributed by atoms with Crippen molar-refractivity contribution in [3.63, 3.8) is 0 Å². The van der Waals surface area contributed by atoms with Crippen LogP contribution in [0.4, 0.5) is 0 Å². The van der Waals surface area contributed by atoms with Gasteiger partial charge in [0.2, 0.25) is 0 Å². The fourth-order valence-electron chi connectivity index (χ4n) is 6.06. The maximum Gasteiger partial charge on any atom is 0.335 e. The number of carboxylic acid groups (broad SMARTS) is 1. The number of ether oxygens (including phenoxy) is 4. The average Bonchev–Trinajstić information content (AvgIpc) is 3.39. The van der Waals surface area contributed by atoms with Gasteiger partial charge in [0.05, 0.1) is 31.3 Å². The van der Waals surface area contributed by atoms with Crippen LogP contribution in [0.5, 0.6) is 23.0 Å². The minimum atomic E-state index is -2.32. The SMILES string of the molecule is COc1ccc([C@@]23Oc4cc(OCc5ccccc5)cc(OC)c4[C@]2(O)C(O)=C(C(=O)O)[C@H]3c2ccccc2)cc1. The third-order valence-electron chi connectivity index (χ3n) is 7.85. The van der Waals surface area contributed by atoms with Crippen molar-refractivity contribution >= 4 is 5.97 Å². The highest BCUT2D eigenvalue weighted by atomic mass is 16.5. The van der Waals surface area contributed by atoms with Crippen molar-refractivity contribution in [1.29, 1.82) is 0 Å². The van der Waals surface area contributed by atoms with Gasteiger partial charge in [-0.2, -0.15) is 0 Å². The van der Waals surface area contributed by atoms with E-state index in [9.17, 15) is 20.1 Å². The molecule has 4 aromatic rings. The van der Waals surface area contributed by atoms with E-state index >= 15 is 0 Å². The Kier molecular flexibility index (Phi) is 6.35. The first-order chi connectivity index (χ1) is 19.8. The van der Waals surface area contributed by atoms with Gasteiger partial charge < -0.3 is 34.3 Å². The molecule has 0 saturated carbocycles. The molecule has 0 spiro atoms. The maximum atomic E-state index is 12.7. The number of benzene rings is 4. The molecule has 1 heterocycles. The molecule has 0 aromatic heterocycles. The quantitative estimate of drug-likeness (QED) is 0.264. The third-order valence-corrected chi connectivity index (χ3v) is 7.85. The molecule has 8 nitrogen and oxygen atoms in total. The molecular formula is C33H28O8. The van der Waals surface area contributed by atoms with Crippen LogP contribution in [0, 0.1) is 0 Å². The summed E-state index contributed by atoms with van der Waals surface area (Å²) in [6.07, 6.45) is 0. The van der Waals surface area contributed by atoms with E-state index < -0.39 is 28.8 Å². The van der Waals surface area contributed by atoms with Crippen LogP contribution >= 0.6 is 0 Å². The summed E-state index contributed by atoms with van der Waals surface area (Å²) < 4.78 is 23.8. The van der Waals surface area contributed by atoms with Gasteiger partial charge in [0.1, 0.15) is 35.4 Å². The molecule has 41 heavy (non-hydrogen) atoms. The zero-order chi connectivity index (χ0) is 28.8. The molecule has 3 N–H and O–H groups in total. The normalized spacial score (nSPS) is 22.5. The van der Waals surface area contributed by atoms with Crippen molar-refractivity contribution in [2.75, 3.05) is 14.2 Å². The highest BCUT2D eigenvalue weighted by molar-refractivity contribution is 5.92. The summed E-state index contributed by atoms with van der Waals surface area (Å²) in [6, 6.07) is 28.5. The first-order valence-corrected chi connectivity index (χ1v) is 13.0. The van der Waals surface area contributed by atoms with Crippen molar-refractivity contribution in [2.45, 2.75) is 23.7 Å². The molecule has 0 radical (unpaired) electrons. The lowest BCUT2D eigenvalue weighted by molar-refractivity contribution is -0.133. The van der Waals surface area contributed by atoms with E-state index in [0.717, 1.165) is 5.56 Å². The maximum absolute atomic E-state index is 12.7. The number of aliphatic hydroxyl groups excluding tert-OH is 1. The second-order valence-electron chi connectivity index (χ2n) is 9.96. The average molecular weight is 553 g/mol. The van der Waals surface area contributed by atoms with E-state index in [-0.39, 0.29) is 29.2 Å². The molecule has 0 saturated heterocycles. The molecule has 4 aromatic carbocycles. The molecule has 1 aliphatic carbocycles. The number of aliphatic hydroxyl groups is 2. The minimum Gasteiger partial charge on any atom is -0.508 e. The Labute approximate surface area is 236 Å². The van der Waals surface area contributed by atoms with Gasteiger partial charge in [0, 0.05) is 17.7 Å². The van der Waals surface area contributed by atoms with Crippen LogP contribution in [0.2, 0.25) is 0 Å². The summed E-state index contributed by atoms with van der Waals surface area (Å²) in [7, 11) is 2.96. The van der Waals surface area contributed by atoms with Crippen LogP contribution in [0.3, 0.4) is 0 Å². The van der Waals surface area contributed by atoms with Gasteiger partial charge in [0.15, 0.2) is 11.2 Å². The molecule has 208 valence electrons. The zero-order valence-electron chi connectivity index (χ0n) is 22.4. The predicted octanol–water partition coefficient (Wildman–Crippen LogP) is 5.45. The Bertz CT molecular complexity index is 1630. The van der Waals surface area contributed by atoms with Crippen LogP contribution in [0.1, 0.15) is 28.2 Å². The van der Waals surface area contributed by atoms with Gasteiger partial charge in [-0.3, -0.25) is 0 Å². The molecule has 8 heteroatoms. The zero-order valence-corrected chi connectivity index (χ0v) is 22.4. The second kappa shape index (κ2) is 9.91. The number of aliphatic carboxylic acids is 1. The van der Waals surface area contributed by atoms with Gasteiger partial charge in [-0.25, -0.2) is 4.79 Å². The van der Waals surface area contributed by atoms with Gasteiger partial charge in [0.25, 0.3) is 0 Å². The third kappa shape index (κ3) is 3.82. The summed E-state index contributed by atoms with van der Waals surface area (Å²) in [5.41, 5.74) is -2.48. The standard InChI is InChI=1S/C33H28O8/c1-38-23-15-13-22(14-16-23)33-28(21-11-7-4-8-12-21)27(31(35)36)30(34)32(33,37)29-25(39-2)17-24(18-26(29)41-33)40-19-20-9-5-3-6-10-20/h3-18,28,34,37H,19H2,1-2H3,(H,35,36)/t28-,32+,33+/m1/s1. The molecule has 3 atom stereocenters. The Morgan fingerprint density at radius 1 is 0.878 bits per heavy atom. The first kappa shape index (κ1) is 26.3. The Balaban J connectivity index is 1.59. The number of carboxylic acids is 1. The summed E-state index contributed by atoms with van der Waals surface area (Å²) in [6.45, 7) is 0.275. The fourth-order valence-corrected chi connectivity index (χ4v) is 6.06. The smallest absolute Gasteiger partial charge is 0.335 e. The number of fused-ring (bicyclic) bond motifs is 3. The van der Waals surface area contributed by atoms with Crippen LogP contribution < -0.4 is 18.9 Å². The monoisotopic (exact) mass is 552 g/mol. The van der Waals surface area contributed by atoms with Crippen molar-refractivity contribution < 1.29 is 39.1 Å². The molecule has 1 aliphatic heterocycles. The van der Waals surface area contributed by atoms with E-state index in [1.807, 2.05) is 30.3 Å². The Morgan fingerprint density at radius 3 is 2.15 bits per heavy atom. The molecular weight excluding hydrogens is 524 g/mol. The molecule has 6 rings (SSSR count). The molecule has 2 aliphatic rings. The molecule has 0 bridgehead atoms. The van der Waals surface area contributed by atoms with Crippen LogP contribution in [-0.2, 0) is 22.6 Å². The lowest BCUT2D eigenvalue weighted by Gasteiger charge is -2.40. The van der Waals surface area contributed by atoms with E-state index in [1.54, 1.807) is 66.7 Å². The lowest BCUT2D eigenvalue weighted by Crippen LogP contribution is -2.50. The van der Waals surface area contributed by atoms with E-state index in [0.29, 0.717) is 22.6 Å². The topological polar surface area (TPSA) is 115 Å². The van der Waals surface area contributed by atoms with Crippen LogP contribution in [0.25, 0.3) is 0 Å². The summed E-state index contributed by atoms with van der Waals surface area (Å²) >= 11 is 0. The Hall–Kier alpha value is -4.95. The summed E-state index contributed by atoms with van der Waals surface area (Å²) in [4.78, 5) is 12.7. The largest absolute Gasteiger partial charge is 0.508 e. The molecule has 0 fully saturated rings. The summed E-state index contributed by atoms with van der Waals surface area (Å²) in [5.74, 6) is -1.86. The van der Waals surface area contributed by atoms with E-state index in [4.69, 9.17) is 18.9 Å². The van der Waals surface area contributed by atoms with E-state index in [2.05, 4.69) is 0 Å². The first-order valence-electron chi connectivity index (χ1n) is 13.0. The van der Waals surface area contributed by atoms with Crippen LogP contribution in [0.15, 0.2) is 108 Å². The number of rotatable bonds is 8. The van der Waals surface area contributed by atoms with Crippen molar-refractivity contribution in [3.05, 3.63) is 131 Å².